The van der Waals surface area contributed by atoms with Crippen LogP contribution >= 0.6 is 11.5 Å². The van der Waals surface area contributed by atoms with Crippen molar-refractivity contribution in [3.63, 3.8) is 0 Å². The Morgan fingerprint density at radius 1 is 1.35 bits per heavy atom. The van der Waals surface area contributed by atoms with Gasteiger partial charge in [-0.3, -0.25) is 0 Å². The minimum Gasteiger partial charge on any atom is -0.387 e. The Morgan fingerprint density at radius 3 is 2.65 bits per heavy atom. The smallest absolute Gasteiger partial charge is 0.138 e. The zero-order valence-electron chi connectivity index (χ0n) is 12.5. The first kappa shape index (κ1) is 15.1. The second kappa shape index (κ2) is 5.57. The fraction of sp³-hybridized carbons (Fsp3) is 0.692. The molecule has 20 heavy (non-hydrogen) atoms. The Kier molecular flexibility index (Phi) is 4.19. The maximum absolute atomic E-state index is 10.5. The molecule has 0 aliphatic heterocycles. The van der Waals surface area contributed by atoms with Gasteiger partial charge in [-0.25, -0.2) is 9.67 Å². The molecule has 0 bridgehead atoms. The molecule has 7 heteroatoms. The van der Waals surface area contributed by atoms with Crippen LogP contribution in [0.15, 0.2) is 6.33 Å². The predicted molar refractivity (Wildman–Crippen MR) is 77.7 cm³/mol. The van der Waals surface area contributed by atoms with Crippen LogP contribution in [0.5, 0.6) is 0 Å². The first-order valence-electron chi connectivity index (χ1n) is 6.70. The van der Waals surface area contributed by atoms with Gasteiger partial charge in [0.1, 0.15) is 12.2 Å². The summed E-state index contributed by atoms with van der Waals surface area (Å²) in [6, 6.07) is 0.223. The van der Waals surface area contributed by atoms with Gasteiger partial charge < -0.3 is 5.11 Å². The van der Waals surface area contributed by atoms with Crippen molar-refractivity contribution < 1.29 is 5.11 Å². The van der Waals surface area contributed by atoms with E-state index in [1.807, 2.05) is 18.5 Å². The number of nitrogens with zero attached hydrogens (tertiary/aromatic N) is 5. The predicted octanol–water partition coefficient (Wildman–Crippen LogP) is 2.28. The lowest BCUT2D eigenvalue weighted by Crippen LogP contribution is -2.17. The number of aromatic nitrogens is 5. The van der Waals surface area contributed by atoms with Gasteiger partial charge in [-0.15, -0.1) is 5.10 Å². The highest BCUT2D eigenvalue weighted by molar-refractivity contribution is 7.05. The molecule has 110 valence electrons. The Hall–Kier alpha value is -1.34. The van der Waals surface area contributed by atoms with Crippen LogP contribution in [0.3, 0.4) is 0 Å². The second-order valence-corrected chi connectivity index (χ2v) is 6.96. The molecule has 2 rings (SSSR count). The monoisotopic (exact) mass is 295 g/mol. The molecule has 0 saturated heterocycles. The van der Waals surface area contributed by atoms with Crippen LogP contribution in [0, 0.1) is 0 Å². The maximum Gasteiger partial charge on any atom is 0.138 e. The van der Waals surface area contributed by atoms with Crippen molar-refractivity contribution in [2.45, 2.75) is 58.6 Å². The minimum absolute atomic E-state index is 0.130. The summed E-state index contributed by atoms with van der Waals surface area (Å²) in [6.45, 7) is 10.3. The quantitative estimate of drug-likeness (QED) is 0.936. The molecule has 6 nitrogen and oxygen atoms in total. The summed E-state index contributed by atoms with van der Waals surface area (Å²) < 4.78 is 5.81. The molecular formula is C13H21N5OS. The molecular weight excluding hydrogens is 274 g/mol. The molecule has 1 N–H and O–H groups in total. The standard InChI is InChI=1S/C13H21N5OS/c1-8(2)18-10(14-7-15-18)6-9(19)11-12(13(3,4)5)16-17-20-11/h7-9,19H,6H2,1-5H3. The van der Waals surface area contributed by atoms with Gasteiger partial charge in [0.2, 0.25) is 0 Å². The minimum atomic E-state index is -0.647. The summed E-state index contributed by atoms with van der Waals surface area (Å²) in [6.07, 6.45) is 1.30. The van der Waals surface area contributed by atoms with Gasteiger partial charge in [0.15, 0.2) is 0 Å². The lowest BCUT2D eigenvalue weighted by atomic mass is 9.90. The van der Waals surface area contributed by atoms with Crippen LogP contribution in [0.25, 0.3) is 0 Å². The Balaban J connectivity index is 2.23. The Morgan fingerprint density at radius 2 is 2.05 bits per heavy atom. The molecule has 0 saturated carbocycles. The molecule has 0 fully saturated rings. The normalized spacial score (nSPS) is 13.9. The maximum atomic E-state index is 10.5. The van der Waals surface area contributed by atoms with Gasteiger partial charge in [0, 0.05) is 17.9 Å². The van der Waals surface area contributed by atoms with Crippen molar-refractivity contribution in [2.75, 3.05) is 0 Å². The summed E-state index contributed by atoms with van der Waals surface area (Å²) in [5.41, 5.74) is 0.722. The van der Waals surface area contributed by atoms with Crippen LogP contribution in [0.4, 0.5) is 0 Å². The van der Waals surface area contributed by atoms with Crippen molar-refractivity contribution in [3.8, 4) is 0 Å². The van der Waals surface area contributed by atoms with E-state index in [0.717, 1.165) is 16.4 Å². The number of hydrogen-bond donors (Lipinski definition) is 1. The summed E-state index contributed by atoms with van der Waals surface area (Å²) in [4.78, 5) is 5.05. The zero-order chi connectivity index (χ0) is 14.9. The number of rotatable bonds is 4. The molecule has 0 aromatic carbocycles. The van der Waals surface area contributed by atoms with Crippen LogP contribution in [-0.4, -0.2) is 29.5 Å². The second-order valence-electron chi connectivity index (χ2n) is 6.17. The number of aliphatic hydroxyl groups excluding tert-OH is 1. The fourth-order valence-electron chi connectivity index (χ4n) is 2.05. The first-order valence-corrected chi connectivity index (χ1v) is 7.47. The van der Waals surface area contributed by atoms with E-state index in [2.05, 4.69) is 40.4 Å². The number of hydrogen-bond acceptors (Lipinski definition) is 6. The van der Waals surface area contributed by atoms with Crippen molar-refractivity contribution in [1.29, 1.82) is 0 Å². The third-order valence-electron chi connectivity index (χ3n) is 3.04. The average molecular weight is 295 g/mol. The van der Waals surface area contributed by atoms with Crippen LogP contribution in [-0.2, 0) is 11.8 Å². The van der Waals surface area contributed by atoms with E-state index in [4.69, 9.17) is 0 Å². The Labute approximate surface area is 123 Å². The molecule has 0 spiro atoms. The van der Waals surface area contributed by atoms with E-state index in [1.54, 1.807) is 0 Å². The molecule has 2 heterocycles. The summed E-state index contributed by atoms with van der Waals surface area (Å²) in [5.74, 6) is 0.778. The highest BCUT2D eigenvalue weighted by Crippen LogP contribution is 2.31. The molecule has 0 aliphatic rings. The van der Waals surface area contributed by atoms with E-state index in [0.29, 0.717) is 6.42 Å². The molecule has 0 radical (unpaired) electrons. The van der Waals surface area contributed by atoms with Gasteiger partial charge >= 0.3 is 0 Å². The summed E-state index contributed by atoms with van der Waals surface area (Å²) in [7, 11) is 0. The van der Waals surface area contributed by atoms with Crippen LogP contribution < -0.4 is 0 Å². The van der Waals surface area contributed by atoms with Gasteiger partial charge in [-0.1, -0.05) is 25.3 Å². The lowest BCUT2D eigenvalue weighted by Gasteiger charge is -2.19. The molecule has 2 aromatic rings. The third kappa shape index (κ3) is 3.04. The topological polar surface area (TPSA) is 76.7 Å². The van der Waals surface area contributed by atoms with Crippen molar-refractivity contribution in [2.24, 2.45) is 0 Å². The van der Waals surface area contributed by atoms with Gasteiger partial charge in [0.25, 0.3) is 0 Å². The van der Waals surface area contributed by atoms with E-state index >= 15 is 0 Å². The largest absolute Gasteiger partial charge is 0.387 e. The SMILES string of the molecule is CC(C)n1ncnc1CC(O)c1snnc1C(C)(C)C. The summed E-state index contributed by atoms with van der Waals surface area (Å²) in [5, 5.41) is 18.8. The molecule has 1 atom stereocenters. The first-order chi connectivity index (χ1) is 9.30. The molecule has 0 aliphatic carbocycles. The van der Waals surface area contributed by atoms with E-state index in [9.17, 15) is 5.11 Å². The Bertz CT molecular complexity index is 569. The van der Waals surface area contributed by atoms with Crippen molar-refractivity contribution in [1.82, 2.24) is 24.4 Å². The highest BCUT2D eigenvalue weighted by atomic mass is 32.1. The fourth-order valence-corrected chi connectivity index (χ4v) is 2.90. The van der Waals surface area contributed by atoms with E-state index < -0.39 is 6.10 Å². The molecule has 1 unspecified atom stereocenters. The molecule has 2 aromatic heterocycles. The number of aliphatic hydroxyl groups is 1. The van der Waals surface area contributed by atoms with Gasteiger partial charge in [-0.05, 0) is 25.4 Å². The van der Waals surface area contributed by atoms with Crippen LogP contribution in [0.2, 0.25) is 0 Å². The lowest BCUT2D eigenvalue weighted by molar-refractivity contribution is 0.174. The van der Waals surface area contributed by atoms with Gasteiger partial charge in [-0.2, -0.15) is 5.10 Å². The average Bonchev–Trinajstić information content (AvgIpc) is 2.95. The van der Waals surface area contributed by atoms with E-state index in [-0.39, 0.29) is 11.5 Å². The van der Waals surface area contributed by atoms with Crippen molar-refractivity contribution >= 4 is 11.5 Å². The van der Waals surface area contributed by atoms with Crippen LogP contribution in [0.1, 0.15) is 63.2 Å². The third-order valence-corrected chi connectivity index (χ3v) is 3.86. The molecule has 0 amide bonds. The highest BCUT2D eigenvalue weighted by Gasteiger charge is 2.27. The zero-order valence-corrected chi connectivity index (χ0v) is 13.3. The summed E-state index contributed by atoms with van der Waals surface area (Å²) >= 11 is 1.25. The van der Waals surface area contributed by atoms with Crippen molar-refractivity contribution in [3.05, 3.63) is 22.7 Å². The van der Waals surface area contributed by atoms with Gasteiger partial charge in [0.05, 0.1) is 16.7 Å². The van der Waals surface area contributed by atoms with E-state index in [1.165, 1.54) is 17.9 Å².